The molecule has 88 valence electrons. The molecule has 0 N–H and O–H groups in total. The topological polar surface area (TPSA) is 39.2 Å². The summed E-state index contributed by atoms with van der Waals surface area (Å²) in [7, 11) is 0. The molecule has 1 aromatic heterocycles. The SMILES string of the molecule is CC(C)(C)OC(=O)Cc1cnc(Cl)cc1Cl. The molecule has 0 spiro atoms. The normalized spacial score (nSPS) is 11.3. The van der Waals surface area contributed by atoms with Crippen molar-refractivity contribution in [3.8, 4) is 0 Å². The molecule has 1 heterocycles. The number of aromatic nitrogens is 1. The molecule has 0 aliphatic heterocycles. The van der Waals surface area contributed by atoms with E-state index in [-0.39, 0.29) is 12.4 Å². The van der Waals surface area contributed by atoms with Crippen molar-refractivity contribution in [1.82, 2.24) is 4.98 Å². The van der Waals surface area contributed by atoms with Gasteiger partial charge in [-0.25, -0.2) is 4.98 Å². The second kappa shape index (κ2) is 5.02. The van der Waals surface area contributed by atoms with Crippen LogP contribution in [0.4, 0.5) is 0 Å². The summed E-state index contributed by atoms with van der Waals surface area (Å²) in [5.74, 6) is -0.335. The Bertz CT molecular complexity index is 399. The van der Waals surface area contributed by atoms with Crippen molar-refractivity contribution >= 4 is 29.2 Å². The Morgan fingerprint density at radius 2 is 2.06 bits per heavy atom. The van der Waals surface area contributed by atoms with Gasteiger partial charge in [0.15, 0.2) is 0 Å². The molecule has 1 aromatic rings. The fourth-order valence-electron chi connectivity index (χ4n) is 1.10. The highest BCUT2D eigenvalue weighted by Crippen LogP contribution is 2.20. The molecule has 0 unspecified atom stereocenters. The number of hydrogen-bond acceptors (Lipinski definition) is 3. The van der Waals surface area contributed by atoms with Crippen molar-refractivity contribution in [2.75, 3.05) is 0 Å². The third-order valence-electron chi connectivity index (χ3n) is 1.65. The van der Waals surface area contributed by atoms with E-state index in [0.717, 1.165) is 0 Å². The maximum Gasteiger partial charge on any atom is 0.310 e. The van der Waals surface area contributed by atoms with Crippen LogP contribution in [0, 0.1) is 0 Å². The zero-order valence-corrected chi connectivity index (χ0v) is 10.9. The molecule has 0 saturated heterocycles. The summed E-state index contributed by atoms with van der Waals surface area (Å²) in [6.07, 6.45) is 1.58. The van der Waals surface area contributed by atoms with Crippen molar-refractivity contribution in [3.05, 3.63) is 28.0 Å². The minimum absolute atomic E-state index is 0.0975. The van der Waals surface area contributed by atoms with Crippen LogP contribution in [0.2, 0.25) is 10.2 Å². The first-order valence-electron chi connectivity index (χ1n) is 4.80. The highest BCUT2D eigenvalue weighted by Gasteiger charge is 2.17. The predicted molar refractivity (Wildman–Crippen MR) is 63.8 cm³/mol. The average Bonchev–Trinajstić information content (AvgIpc) is 2.06. The average molecular weight is 262 g/mol. The molecule has 0 amide bonds. The zero-order chi connectivity index (χ0) is 12.3. The van der Waals surface area contributed by atoms with Gasteiger partial charge in [0.2, 0.25) is 0 Å². The fraction of sp³-hybridized carbons (Fsp3) is 0.455. The molecule has 1 rings (SSSR count). The first-order chi connectivity index (χ1) is 7.28. The number of esters is 1. The Hall–Kier alpha value is -0.800. The van der Waals surface area contributed by atoms with Crippen LogP contribution in [-0.4, -0.2) is 16.6 Å². The first-order valence-corrected chi connectivity index (χ1v) is 5.55. The summed E-state index contributed by atoms with van der Waals surface area (Å²) >= 11 is 11.6. The van der Waals surface area contributed by atoms with Gasteiger partial charge in [-0.15, -0.1) is 0 Å². The first kappa shape index (κ1) is 13.3. The van der Waals surface area contributed by atoms with Crippen LogP contribution >= 0.6 is 23.2 Å². The van der Waals surface area contributed by atoms with Gasteiger partial charge in [-0.2, -0.15) is 0 Å². The Balaban J connectivity index is 2.70. The van der Waals surface area contributed by atoms with Crippen LogP contribution in [-0.2, 0) is 16.0 Å². The largest absolute Gasteiger partial charge is 0.460 e. The Morgan fingerprint density at radius 1 is 1.44 bits per heavy atom. The van der Waals surface area contributed by atoms with Crippen LogP contribution in [0.25, 0.3) is 0 Å². The Kier molecular flexibility index (Phi) is 4.16. The van der Waals surface area contributed by atoms with E-state index in [0.29, 0.717) is 15.7 Å². The Morgan fingerprint density at radius 3 is 2.56 bits per heavy atom. The summed E-state index contributed by atoms with van der Waals surface area (Å²) < 4.78 is 5.17. The second-order valence-corrected chi connectivity index (χ2v) is 5.16. The van der Waals surface area contributed by atoms with Gasteiger partial charge in [-0.3, -0.25) is 4.79 Å². The summed E-state index contributed by atoms with van der Waals surface area (Å²) in [6, 6.07) is 1.50. The smallest absolute Gasteiger partial charge is 0.310 e. The summed E-state index contributed by atoms with van der Waals surface area (Å²) in [5.41, 5.74) is 0.115. The van der Waals surface area contributed by atoms with Gasteiger partial charge in [0.25, 0.3) is 0 Å². The number of halogens is 2. The molecule has 3 nitrogen and oxygen atoms in total. The number of rotatable bonds is 2. The molecule has 0 radical (unpaired) electrons. The number of pyridine rings is 1. The molecule has 5 heteroatoms. The molecule has 16 heavy (non-hydrogen) atoms. The molecule has 0 saturated carbocycles. The van der Waals surface area contributed by atoms with Crippen molar-refractivity contribution < 1.29 is 9.53 Å². The standard InChI is InChI=1S/C11H13Cl2NO2/c1-11(2,3)16-10(15)4-7-6-14-9(13)5-8(7)12/h5-6H,4H2,1-3H3. The fourth-order valence-corrected chi connectivity index (χ4v) is 1.53. The number of carbonyl (C=O) groups excluding carboxylic acids is 1. The second-order valence-electron chi connectivity index (χ2n) is 4.36. The summed E-state index contributed by atoms with van der Waals surface area (Å²) in [5, 5.41) is 0.726. The van der Waals surface area contributed by atoms with Crippen LogP contribution in [0.15, 0.2) is 12.3 Å². The van der Waals surface area contributed by atoms with Gasteiger partial charge in [-0.1, -0.05) is 23.2 Å². The van der Waals surface area contributed by atoms with Crippen molar-refractivity contribution in [2.45, 2.75) is 32.8 Å². The molecule has 0 aliphatic carbocycles. The Labute approximate surface area is 105 Å². The molecule has 0 aliphatic rings. The van der Waals surface area contributed by atoms with E-state index < -0.39 is 5.60 Å². The van der Waals surface area contributed by atoms with Gasteiger partial charge < -0.3 is 4.74 Å². The van der Waals surface area contributed by atoms with Crippen LogP contribution in [0.5, 0.6) is 0 Å². The summed E-state index contributed by atoms with van der Waals surface area (Å²) in [4.78, 5) is 15.4. The highest BCUT2D eigenvalue weighted by atomic mass is 35.5. The van der Waals surface area contributed by atoms with Crippen LogP contribution < -0.4 is 0 Å². The van der Waals surface area contributed by atoms with Crippen molar-refractivity contribution in [1.29, 1.82) is 0 Å². The van der Waals surface area contributed by atoms with Gasteiger partial charge >= 0.3 is 5.97 Å². The minimum atomic E-state index is -0.497. The van der Waals surface area contributed by atoms with E-state index in [2.05, 4.69) is 4.98 Å². The minimum Gasteiger partial charge on any atom is -0.460 e. The van der Waals surface area contributed by atoms with Gasteiger partial charge in [0.1, 0.15) is 10.8 Å². The molecular formula is C11H13Cl2NO2. The van der Waals surface area contributed by atoms with E-state index in [1.807, 2.05) is 20.8 Å². The lowest BCUT2D eigenvalue weighted by Crippen LogP contribution is -2.25. The van der Waals surface area contributed by atoms with Gasteiger partial charge in [-0.05, 0) is 26.8 Å². The third kappa shape index (κ3) is 4.37. The van der Waals surface area contributed by atoms with Crippen molar-refractivity contribution in [2.24, 2.45) is 0 Å². The van der Waals surface area contributed by atoms with Crippen LogP contribution in [0.3, 0.4) is 0 Å². The van der Waals surface area contributed by atoms with E-state index in [4.69, 9.17) is 27.9 Å². The monoisotopic (exact) mass is 261 g/mol. The molecule has 0 bridgehead atoms. The molecule has 0 atom stereocenters. The van der Waals surface area contributed by atoms with Gasteiger partial charge in [0.05, 0.1) is 6.42 Å². The lowest BCUT2D eigenvalue weighted by atomic mass is 10.1. The maximum atomic E-state index is 11.5. The number of ether oxygens (including phenoxy) is 1. The van der Waals surface area contributed by atoms with E-state index >= 15 is 0 Å². The van der Waals surface area contributed by atoms with Crippen LogP contribution in [0.1, 0.15) is 26.3 Å². The molecule has 0 fully saturated rings. The van der Waals surface area contributed by atoms with Gasteiger partial charge in [0, 0.05) is 16.8 Å². The number of hydrogen-bond donors (Lipinski definition) is 0. The van der Waals surface area contributed by atoms with E-state index in [1.165, 1.54) is 12.3 Å². The summed E-state index contributed by atoms with van der Waals surface area (Å²) in [6.45, 7) is 5.44. The highest BCUT2D eigenvalue weighted by molar-refractivity contribution is 6.34. The quantitative estimate of drug-likeness (QED) is 0.606. The van der Waals surface area contributed by atoms with E-state index in [9.17, 15) is 4.79 Å². The maximum absolute atomic E-state index is 11.5. The molecular weight excluding hydrogens is 249 g/mol. The number of carbonyl (C=O) groups is 1. The van der Waals surface area contributed by atoms with E-state index in [1.54, 1.807) is 0 Å². The van der Waals surface area contributed by atoms with Crippen molar-refractivity contribution in [3.63, 3.8) is 0 Å². The number of nitrogens with zero attached hydrogens (tertiary/aromatic N) is 1. The lowest BCUT2D eigenvalue weighted by Gasteiger charge is -2.19. The molecule has 0 aromatic carbocycles. The lowest BCUT2D eigenvalue weighted by molar-refractivity contribution is -0.153. The third-order valence-corrected chi connectivity index (χ3v) is 2.21. The predicted octanol–water partition coefficient (Wildman–Crippen LogP) is 3.27. The zero-order valence-electron chi connectivity index (χ0n) is 9.38.